The summed E-state index contributed by atoms with van der Waals surface area (Å²) in [6, 6.07) is 9.85. The molecule has 5 unspecified atom stereocenters. The Labute approximate surface area is 148 Å². The van der Waals surface area contributed by atoms with Crippen molar-refractivity contribution in [2.24, 2.45) is 0 Å². The van der Waals surface area contributed by atoms with E-state index >= 15 is 0 Å². The van der Waals surface area contributed by atoms with Crippen molar-refractivity contribution in [2.45, 2.75) is 76.2 Å². The number of fused-ring (bicyclic) bond motifs is 1. The molecule has 1 aromatic rings. The van der Waals surface area contributed by atoms with E-state index in [2.05, 4.69) is 6.92 Å². The molecule has 0 bridgehead atoms. The first-order valence-electron chi connectivity index (χ1n) is 9.07. The molecule has 6 nitrogen and oxygen atoms in total. The van der Waals surface area contributed by atoms with Crippen LogP contribution in [-0.2, 0) is 25.6 Å². The van der Waals surface area contributed by atoms with Crippen LogP contribution in [0, 0.1) is 0 Å². The Morgan fingerprint density at radius 1 is 1.08 bits per heavy atom. The lowest BCUT2D eigenvalue weighted by Crippen LogP contribution is -2.57. The van der Waals surface area contributed by atoms with E-state index in [0.29, 0.717) is 13.0 Å². The van der Waals surface area contributed by atoms with Gasteiger partial charge in [0.15, 0.2) is 12.1 Å². The number of benzene rings is 1. The van der Waals surface area contributed by atoms with Crippen LogP contribution in [0.4, 0.5) is 0 Å². The Balaban J connectivity index is 1.65. The molecule has 0 radical (unpaired) electrons. The number of aliphatic hydroxyl groups excluding tert-OH is 2. The summed E-state index contributed by atoms with van der Waals surface area (Å²) in [5, 5.41) is 20.3. The fourth-order valence-electron chi connectivity index (χ4n) is 3.55. The van der Waals surface area contributed by atoms with E-state index in [9.17, 15) is 10.2 Å². The standard InChI is InChI=1S/C19H28O6/c1-3-10-19(4-2)24-16-14(23-18(21)15(20)17(16)25-19)12-22-11-13-8-6-5-7-9-13/h5-9,14-18,20-21H,3-4,10-12H2,1-2H3/t14-,15?,16?,17?,18?,19?/m0/s1. The van der Waals surface area contributed by atoms with Crippen molar-refractivity contribution in [2.75, 3.05) is 6.61 Å². The maximum absolute atomic E-state index is 10.2. The van der Waals surface area contributed by atoms with Crippen LogP contribution in [0.25, 0.3) is 0 Å². The van der Waals surface area contributed by atoms with E-state index in [-0.39, 0.29) is 6.61 Å². The minimum Gasteiger partial charge on any atom is -0.385 e. The molecule has 2 fully saturated rings. The lowest BCUT2D eigenvalue weighted by Gasteiger charge is -2.37. The van der Waals surface area contributed by atoms with Gasteiger partial charge in [0, 0.05) is 6.42 Å². The van der Waals surface area contributed by atoms with E-state index in [1.54, 1.807) is 0 Å². The SMILES string of the molecule is CCCC1(CC)OC2C(O)C(O)O[C@@H](COCc3ccccc3)C2O1. The Morgan fingerprint density at radius 3 is 2.48 bits per heavy atom. The van der Waals surface area contributed by atoms with Crippen LogP contribution in [0.3, 0.4) is 0 Å². The van der Waals surface area contributed by atoms with Crippen LogP contribution in [-0.4, -0.2) is 53.3 Å². The van der Waals surface area contributed by atoms with Gasteiger partial charge in [0.25, 0.3) is 0 Å². The zero-order valence-corrected chi connectivity index (χ0v) is 14.8. The summed E-state index contributed by atoms with van der Waals surface area (Å²) in [6.45, 7) is 4.77. The molecule has 2 aliphatic rings. The number of ether oxygens (including phenoxy) is 4. The molecule has 0 amide bonds. The summed E-state index contributed by atoms with van der Waals surface area (Å²) in [5.41, 5.74) is 1.06. The molecule has 0 aliphatic carbocycles. The van der Waals surface area contributed by atoms with Gasteiger partial charge in [-0.3, -0.25) is 0 Å². The summed E-state index contributed by atoms with van der Waals surface area (Å²) in [4.78, 5) is 0. The zero-order chi connectivity index (χ0) is 17.9. The quantitative estimate of drug-likeness (QED) is 0.781. The van der Waals surface area contributed by atoms with Gasteiger partial charge < -0.3 is 29.2 Å². The third-order valence-electron chi connectivity index (χ3n) is 4.90. The first kappa shape index (κ1) is 18.8. The van der Waals surface area contributed by atoms with Gasteiger partial charge in [-0.25, -0.2) is 0 Å². The van der Waals surface area contributed by atoms with Crippen LogP contribution in [0.2, 0.25) is 0 Å². The molecule has 2 aliphatic heterocycles. The lowest BCUT2D eigenvalue weighted by atomic mass is 9.99. The third kappa shape index (κ3) is 4.05. The number of hydrogen-bond donors (Lipinski definition) is 2. The molecule has 0 spiro atoms. The Hall–Kier alpha value is -1.02. The van der Waals surface area contributed by atoms with Crippen molar-refractivity contribution < 1.29 is 29.2 Å². The minimum absolute atomic E-state index is 0.259. The van der Waals surface area contributed by atoms with Crippen molar-refractivity contribution in [3.05, 3.63) is 35.9 Å². The largest absolute Gasteiger partial charge is 0.385 e. The minimum atomic E-state index is -1.30. The molecular weight excluding hydrogens is 324 g/mol. The monoisotopic (exact) mass is 352 g/mol. The molecule has 1 aromatic carbocycles. The third-order valence-corrected chi connectivity index (χ3v) is 4.90. The van der Waals surface area contributed by atoms with E-state index in [0.717, 1.165) is 18.4 Å². The summed E-state index contributed by atoms with van der Waals surface area (Å²) in [6.07, 6.45) is -1.67. The second-order valence-electron chi connectivity index (χ2n) is 6.74. The summed E-state index contributed by atoms with van der Waals surface area (Å²) in [5.74, 6) is -0.726. The lowest BCUT2D eigenvalue weighted by molar-refractivity contribution is -0.267. The fourth-order valence-corrected chi connectivity index (χ4v) is 3.55. The first-order chi connectivity index (χ1) is 12.1. The number of rotatable bonds is 7. The molecule has 25 heavy (non-hydrogen) atoms. The van der Waals surface area contributed by atoms with E-state index in [4.69, 9.17) is 18.9 Å². The molecule has 0 aromatic heterocycles. The van der Waals surface area contributed by atoms with Crippen molar-refractivity contribution >= 4 is 0 Å². The van der Waals surface area contributed by atoms with Gasteiger partial charge in [-0.1, -0.05) is 50.6 Å². The van der Waals surface area contributed by atoms with Crippen LogP contribution >= 0.6 is 0 Å². The van der Waals surface area contributed by atoms with E-state index in [1.807, 2.05) is 37.3 Å². The van der Waals surface area contributed by atoms with Crippen LogP contribution in [0.1, 0.15) is 38.7 Å². The van der Waals surface area contributed by atoms with Gasteiger partial charge in [0.05, 0.1) is 13.2 Å². The Kier molecular flexibility index (Phi) is 6.09. The fraction of sp³-hybridized carbons (Fsp3) is 0.684. The predicted octanol–water partition coefficient (Wildman–Crippen LogP) is 1.97. The highest BCUT2D eigenvalue weighted by Crippen LogP contribution is 2.41. The average molecular weight is 352 g/mol. The average Bonchev–Trinajstić information content (AvgIpc) is 3.01. The summed E-state index contributed by atoms with van der Waals surface area (Å²) >= 11 is 0. The summed E-state index contributed by atoms with van der Waals surface area (Å²) in [7, 11) is 0. The molecular formula is C19H28O6. The first-order valence-corrected chi connectivity index (χ1v) is 9.07. The molecule has 2 saturated heterocycles. The maximum Gasteiger partial charge on any atom is 0.184 e. The van der Waals surface area contributed by atoms with Crippen molar-refractivity contribution in [1.29, 1.82) is 0 Å². The smallest absolute Gasteiger partial charge is 0.184 e. The number of aliphatic hydroxyl groups is 2. The van der Waals surface area contributed by atoms with Gasteiger partial charge in [0.1, 0.15) is 24.4 Å². The molecule has 2 heterocycles. The predicted molar refractivity (Wildman–Crippen MR) is 90.7 cm³/mol. The Bertz CT molecular complexity index is 538. The summed E-state index contributed by atoms with van der Waals surface area (Å²) < 4.78 is 23.5. The second-order valence-corrected chi connectivity index (χ2v) is 6.74. The molecule has 6 atom stereocenters. The topological polar surface area (TPSA) is 77.4 Å². The van der Waals surface area contributed by atoms with Crippen LogP contribution < -0.4 is 0 Å². The van der Waals surface area contributed by atoms with Crippen LogP contribution in [0.15, 0.2) is 30.3 Å². The van der Waals surface area contributed by atoms with Gasteiger partial charge in [-0.05, 0) is 12.0 Å². The van der Waals surface area contributed by atoms with Crippen molar-refractivity contribution in [3.8, 4) is 0 Å². The second kappa shape index (κ2) is 8.12. The normalized spacial score (nSPS) is 37.8. The van der Waals surface area contributed by atoms with Crippen molar-refractivity contribution in [1.82, 2.24) is 0 Å². The van der Waals surface area contributed by atoms with Gasteiger partial charge in [0.2, 0.25) is 0 Å². The number of hydrogen-bond acceptors (Lipinski definition) is 6. The highest BCUT2D eigenvalue weighted by Gasteiger charge is 2.56. The molecule has 140 valence electrons. The molecule has 3 rings (SSSR count). The molecule has 6 heteroatoms. The van der Waals surface area contributed by atoms with Gasteiger partial charge in [-0.2, -0.15) is 0 Å². The highest BCUT2D eigenvalue weighted by molar-refractivity contribution is 5.13. The maximum atomic E-state index is 10.2. The van der Waals surface area contributed by atoms with Crippen LogP contribution in [0.5, 0.6) is 0 Å². The van der Waals surface area contributed by atoms with Gasteiger partial charge in [-0.15, -0.1) is 0 Å². The molecule has 2 N–H and O–H groups in total. The zero-order valence-electron chi connectivity index (χ0n) is 14.8. The highest BCUT2D eigenvalue weighted by atomic mass is 16.8. The molecule has 0 saturated carbocycles. The van der Waals surface area contributed by atoms with Crippen molar-refractivity contribution in [3.63, 3.8) is 0 Å². The van der Waals surface area contributed by atoms with Gasteiger partial charge >= 0.3 is 0 Å². The van der Waals surface area contributed by atoms with E-state index in [1.165, 1.54) is 0 Å². The Morgan fingerprint density at radius 2 is 1.80 bits per heavy atom. The van der Waals surface area contributed by atoms with E-state index < -0.39 is 36.5 Å².